The fraction of sp³-hybridized carbons (Fsp3) is 0.273. The standard InChI is InChI=1S/C11H11F3N2/c1-6(15)9-4-7-2-3-8(11(12,13)14)5-10(7)16-9/h2-6,16H,15H2,1H3. The van der Waals surface area contributed by atoms with Crippen molar-refractivity contribution in [2.75, 3.05) is 0 Å². The normalized spacial score (nSPS) is 14.3. The van der Waals surface area contributed by atoms with Crippen LogP contribution in [0.3, 0.4) is 0 Å². The smallest absolute Gasteiger partial charge is 0.357 e. The fourth-order valence-corrected chi connectivity index (χ4v) is 1.57. The molecule has 3 N–H and O–H groups in total. The van der Waals surface area contributed by atoms with Gasteiger partial charge in [0.2, 0.25) is 0 Å². The maximum absolute atomic E-state index is 12.4. The molecule has 0 radical (unpaired) electrons. The molecule has 0 spiro atoms. The highest BCUT2D eigenvalue weighted by Crippen LogP contribution is 2.31. The van der Waals surface area contributed by atoms with E-state index in [4.69, 9.17) is 5.73 Å². The van der Waals surface area contributed by atoms with Gasteiger partial charge in [0.25, 0.3) is 0 Å². The molecule has 0 aliphatic heterocycles. The number of hydrogen-bond donors (Lipinski definition) is 2. The third kappa shape index (κ3) is 1.90. The highest BCUT2D eigenvalue weighted by molar-refractivity contribution is 5.81. The van der Waals surface area contributed by atoms with Gasteiger partial charge in [0.15, 0.2) is 0 Å². The average Bonchev–Trinajstić information content (AvgIpc) is 2.58. The highest BCUT2D eigenvalue weighted by atomic mass is 19.4. The van der Waals surface area contributed by atoms with Gasteiger partial charge in [0.05, 0.1) is 5.56 Å². The number of nitrogens with one attached hydrogen (secondary N) is 1. The zero-order valence-electron chi connectivity index (χ0n) is 8.60. The van der Waals surface area contributed by atoms with Gasteiger partial charge in [0, 0.05) is 17.3 Å². The van der Waals surface area contributed by atoms with Gasteiger partial charge in [-0.25, -0.2) is 0 Å². The number of halogens is 3. The summed E-state index contributed by atoms with van der Waals surface area (Å²) >= 11 is 0. The molecule has 0 fully saturated rings. The molecule has 0 amide bonds. The van der Waals surface area contributed by atoms with Crippen molar-refractivity contribution >= 4 is 10.9 Å². The molecule has 0 aliphatic carbocycles. The summed E-state index contributed by atoms with van der Waals surface area (Å²) in [4.78, 5) is 2.88. The van der Waals surface area contributed by atoms with E-state index in [1.807, 2.05) is 0 Å². The first-order valence-electron chi connectivity index (χ1n) is 4.83. The molecule has 2 nitrogen and oxygen atoms in total. The number of rotatable bonds is 1. The highest BCUT2D eigenvalue weighted by Gasteiger charge is 2.30. The summed E-state index contributed by atoms with van der Waals surface area (Å²) in [6.45, 7) is 1.77. The van der Waals surface area contributed by atoms with Gasteiger partial charge in [-0.15, -0.1) is 0 Å². The first kappa shape index (κ1) is 11.0. The second-order valence-electron chi connectivity index (χ2n) is 3.81. The van der Waals surface area contributed by atoms with Gasteiger partial charge in [-0.2, -0.15) is 13.2 Å². The number of nitrogens with two attached hydrogens (primary N) is 1. The van der Waals surface area contributed by atoms with E-state index < -0.39 is 11.7 Å². The maximum atomic E-state index is 12.4. The zero-order valence-corrected chi connectivity index (χ0v) is 8.60. The van der Waals surface area contributed by atoms with Gasteiger partial charge < -0.3 is 10.7 Å². The van der Waals surface area contributed by atoms with Gasteiger partial charge in [0.1, 0.15) is 0 Å². The van der Waals surface area contributed by atoms with Crippen molar-refractivity contribution in [1.82, 2.24) is 4.98 Å². The molecule has 1 aromatic heterocycles. The summed E-state index contributed by atoms with van der Waals surface area (Å²) in [6, 6.07) is 5.16. The maximum Gasteiger partial charge on any atom is 0.416 e. The van der Waals surface area contributed by atoms with Crippen LogP contribution in [0, 0.1) is 0 Å². The van der Waals surface area contributed by atoms with E-state index in [0.717, 1.165) is 23.2 Å². The number of hydrogen-bond acceptors (Lipinski definition) is 1. The Kier molecular flexibility index (Phi) is 2.42. The van der Waals surface area contributed by atoms with Crippen molar-refractivity contribution in [3.63, 3.8) is 0 Å². The Hall–Kier alpha value is -1.49. The first-order chi connectivity index (χ1) is 7.38. The van der Waals surface area contributed by atoms with E-state index in [9.17, 15) is 13.2 Å². The molecule has 2 rings (SSSR count). The molecule has 5 heteroatoms. The minimum atomic E-state index is -4.31. The monoisotopic (exact) mass is 228 g/mol. The summed E-state index contributed by atoms with van der Waals surface area (Å²) in [6.07, 6.45) is -4.31. The predicted molar refractivity (Wildman–Crippen MR) is 55.9 cm³/mol. The number of alkyl halides is 3. The Labute approximate surface area is 90.3 Å². The van der Waals surface area contributed by atoms with Gasteiger partial charge >= 0.3 is 6.18 Å². The molecule has 0 aliphatic rings. The van der Waals surface area contributed by atoms with E-state index >= 15 is 0 Å². The van der Waals surface area contributed by atoms with Crippen molar-refractivity contribution in [2.24, 2.45) is 5.73 Å². The topological polar surface area (TPSA) is 41.8 Å². The molecule has 1 unspecified atom stereocenters. The second kappa shape index (κ2) is 3.52. The van der Waals surface area contributed by atoms with Gasteiger partial charge in [-0.05, 0) is 30.5 Å². The third-order valence-corrected chi connectivity index (χ3v) is 2.46. The number of H-pyrrole nitrogens is 1. The van der Waals surface area contributed by atoms with Crippen molar-refractivity contribution in [3.05, 3.63) is 35.5 Å². The molecule has 1 heterocycles. The molecule has 1 aromatic carbocycles. The van der Waals surface area contributed by atoms with E-state index in [0.29, 0.717) is 5.52 Å². The SMILES string of the molecule is CC(N)c1cc2ccc(C(F)(F)F)cc2[nH]1. The minimum absolute atomic E-state index is 0.221. The van der Waals surface area contributed by atoms with Crippen molar-refractivity contribution in [2.45, 2.75) is 19.1 Å². The lowest BCUT2D eigenvalue weighted by molar-refractivity contribution is -0.137. The zero-order chi connectivity index (χ0) is 11.9. The van der Waals surface area contributed by atoms with Gasteiger partial charge in [-0.3, -0.25) is 0 Å². The van der Waals surface area contributed by atoms with Crippen LogP contribution in [-0.4, -0.2) is 4.98 Å². The number of benzene rings is 1. The summed E-state index contributed by atoms with van der Waals surface area (Å²) in [5, 5.41) is 0.736. The summed E-state index contributed by atoms with van der Waals surface area (Å²) in [5.74, 6) is 0. The fourth-order valence-electron chi connectivity index (χ4n) is 1.57. The summed E-state index contributed by atoms with van der Waals surface area (Å²) in [5.41, 5.74) is 6.18. The van der Waals surface area contributed by atoms with Crippen molar-refractivity contribution in [1.29, 1.82) is 0 Å². The van der Waals surface area contributed by atoms with E-state index in [1.165, 1.54) is 6.07 Å². The lowest BCUT2D eigenvalue weighted by Crippen LogP contribution is -2.05. The lowest BCUT2D eigenvalue weighted by atomic mass is 10.1. The van der Waals surface area contributed by atoms with Crippen LogP contribution in [0.1, 0.15) is 24.2 Å². The number of aromatic nitrogens is 1. The molecule has 2 aromatic rings. The summed E-state index contributed by atoms with van der Waals surface area (Å²) in [7, 11) is 0. The number of fused-ring (bicyclic) bond motifs is 1. The van der Waals surface area contributed by atoms with Crippen LogP contribution >= 0.6 is 0 Å². The quantitative estimate of drug-likeness (QED) is 0.773. The Morgan fingerprint density at radius 1 is 1.25 bits per heavy atom. The number of aromatic amines is 1. The van der Waals surface area contributed by atoms with Crippen molar-refractivity contribution < 1.29 is 13.2 Å². The lowest BCUT2D eigenvalue weighted by Gasteiger charge is -2.05. The van der Waals surface area contributed by atoms with Crippen LogP contribution in [0.15, 0.2) is 24.3 Å². The van der Waals surface area contributed by atoms with Crippen LogP contribution in [0.5, 0.6) is 0 Å². The van der Waals surface area contributed by atoms with Crippen LogP contribution in [-0.2, 0) is 6.18 Å². The average molecular weight is 228 g/mol. The Bertz CT molecular complexity index is 511. The minimum Gasteiger partial charge on any atom is -0.357 e. The molecular weight excluding hydrogens is 217 g/mol. The summed E-state index contributed by atoms with van der Waals surface area (Å²) < 4.78 is 37.3. The molecular formula is C11H11F3N2. The molecule has 0 bridgehead atoms. The van der Waals surface area contributed by atoms with Gasteiger partial charge in [-0.1, -0.05) is 6.07 Å². The molecule has 86 valence electrons. The van der Waals surface area contributed by atoms with Crippen LogP contribution in [0.25, 0.3) is 10.9 Å². The van der Waals surface area contributed by atoms with E-state index in [-0.39, 0.29) is 6.04 Å². The van der Waals surface area contributed by atoms with Crippen LogP contribution in [0.4, 0.5) is 13.2 Å². The largest absolute Gasteiger partial charge is 0.416 e. The first-order valence-corrected chi connectivity index (χ1v) is 4.83. The van der Waals surface area contributed by atoms with Crippen LogP contribution in [0.2, 0.25) is 0 Å². The van der Waals surface area contributed by atoms with E-state index in [2.05, 4.69) is 4.98 Å². The molecule has 0 saturated carbocycles. The second-order valence-corrected chi connectivity index (χ2v) is 3.81. The van der Waals surface area contributed by atoms with Crippen molar-refractivity contribution in [3.8, 4) is 0 Å². The Balaban J connectivity index is 2.54. The Morgan fingerprint density at radius 3 is 2.50 bits per heavy atom. The van der Waals surface area contributed by atoms with E-state index in [1.54, 1.807) is 13.0 Å². The molecule has 16 heavy (non-hydrogen) atoms. The van der Waals surface area contributed by atoms with Crippen LogP contribution < -0.4 is 5.73 Å². The predicted octanol–water partition coefficient (Wildman–Crippen LogP) is 3.21. The molecule has 1 atom stereocenters. The third-order valence-electron chi connectivity index (χ3n) is 2.46. The Morgan fingerprint density at radius 2 is 1.94 bits per heavy atom. The molecule has 0 saturated heterocycles.